The average molecular weight is 460 g/mol. The van der Waals surface area contributed by atoms with Gasteiger partial charge < -0.3 is 9.80 Å². The molecule has 0 atom stereocenters. The van der Waals surface area contributed by atoms with Crippen LogP contribution in [-0.2, 0) is 11.3 Å². The molecule has 0 bridgehead atoms. The van der Waals surface area contributed by atoms with E-state index < -0.39 is 17.4 Å². The van der Waals surface area contributed by atoms with Crippen LogP contribution in [0.5, 0.6) is 0 Å². The third-order valence-corrected chi connectivity index (χ3v) is 5.80. The Balaban J connectivity index is 1.61. The number of halogens is 3. The van der Waals surface area contributed by atoms with Gasteiger partial charge in [-0.2, -0.15) is 13.2 Å². The lowest BCUT2D eigenvalue weighted by Crippen LogP contribution is -2.33. The van der Waals surface area contributed by atoms with Crippen LogP contribution in [0.4, 0.5) is 29.3 Å². The van der Waals surface area contributed by atoms with Gasteiger partial charge in [0.05, 0.1) is 29.6 Å². The molecule has 3 aromatic rings. The lowest BCUT2D eigenvalue weighted by atomic mass is 10.1. The molecule has 6 nitrogen and oxygen atoms in total. The molecule has 1 aliphatic heterocycles. The molecule has 3 amide bonds. The van der Waals surface area contributed by atoms with Crippen molar-refractivity contribution in [1.29, 1.82) is 0 Å². The van der Waals surface area contributed by atoms with Gasteiger partial charge in [-0.3, -0.25) is 9.78 Å². The number of fused-ring (bicyclic) bond motifs is 1. The van der Waals surface area contributed by atoms with Crippen LogP contribution in [0, 0.1) is 0 Å². The molecule has 32 heavy (non-hydrogen) atoms. The maximum absolute atomic E-state index is 13.1. The number of alkyl halides is 3. The van der Waals surface area contributed by atoms with Crippen molar-refractivity contribution in [2.45, 2.75) is 16.9 Å². The molecular formula is C22H19F3N4O2S. The highest BCUT2D eigenvalue weighted by molar-refractivity contribution is 8.00. The number of anilines is 2. The molecule has 1 aromatic heterocycles. The third kappa shape index (κ3) is 4.36. The van der Waals surface area contributed by atoms with Crippen LogP contribution in [0.25, 0.3) is 10.9 Å². The fourth-order valence-electron chi connectivity index (χ4n) is 3.65. The van der Waals surface area contributed by atoms with E-state index in [1.165, 1.54) is 29.2 Å². The normalized spacial score (nSPS) is 14.5. The third-order valence-electron chi connectivity index (χ3n) is 5.06. The lowest BCUT2D eigenvalue weighted by molar-refractivity contribution is -0.116. The van der Waals surface area contributed by atoms with E-state index >= 15 is 0 Å². The second-order valence-electron chi connectivity index (χ2n) is 7.44. The van der Waals surface area contributed by atoms with E-state index in [2.05, 4.69) is 4.98 Å². The van der Waals surface area contributed by atoms with Crippen LogP contribution < -0.4 is 9.80 Å². The fourth-order valence-corrected chi connectivity index (χ4v) is 4.19. The zero-order valence-corrected chi connectivity index (χ0v) is 18.1. The molecule has 1 fully saturated rings. The number of imide groups is 1. The summed E-state index contributed by atoms with van der Waals surface area (Å²) >= 11 is -0.248. The zero-order chi connectivity index (χ0) is 23.0. The number of hydrogen-bond acceptors (Lipinski definition) is 5. The van der Waals surface area contributed by atoms with E-state index in [4.69, 9.17) is 0 Å². The Morgan fingerprint density at radius 2 is 1.75 bits per heavy atom. The van der Waals surface area contributed by atoms with Gasteiger partial charge in [0.2, 0.25) is 0 Å². The van der Waals surface area contributed by atoms with Gasteiger partial charge in [0, 0.05) is 29.9 Å². The number of thioether (sulfide) groups is 1. The molecule has 166 valence electrons. The number of carbonyl (C=O) groups is 2. The largest absolute Gasteiger partial charge is 0.446 e. The minimum atomic E-state index is -4.41. The van der Waals surface area contributed by atoms with Crippen molar-refractivity contribution in [3.05, 3.63) is 60.3 Å². The summed E-state index contributed by atoms with van der Waals surface area (Å²) in [5.41, 5.74) is -1.70. The molecule has 4 rings (SSSR count). The Kier molecular flexibility index (Phi) is 5.72. The number of aromatic nitrogens is 1. The average Bonchev–Trinajstić information content (AvgIpc) is 3.00. The summed E-state index contributed by atoms with van der Waals surface area (Å²) in [4.78, 5) is 34.5. The molecule has 0 unspecified atom stereocenters. The molecule has 10 heteroatoms. The van der Waals surface area contributed by atoms with E-state index in [-0.39, 0.29) is 35.4 Å². The Morgan fingerprint density at radius 1 is 1.06 bits per heavy atom. The van der Waals surface area contributed by atoms with Crippen LogP contribution in [0.2, 0.25) is 0 Å². The predicted molar refractivity (Wildman–Crippen MR) is 118 cm³/mol. The molecule has 2 heterocycles. The number of hydrogen-bond donors (Lipinski definition) is 0. The maximum atomic E-state index is 13.1. The number of urea groups is 1. The summed E-state index contributed by atoms with van der Waals surface area (Å²) < 4.78 is 37.7. The monoisotopic (exact) mass is 460 g/mol. The number of carbonyl (C=O) groups excluding carboxylic acids is 2. The number of nitrogens with zero attached hydrogens (tertiary/aromatic N) is 4. The van der Waals surface area contributed by atoms with Gasteiger partial charge >= 0.3 is 11.5 Å². The molecule has 1 aliphatic rings. The standard InChI is InChI=1S/C22H19F3N4O2S/c1-27(2)19-11-26-18-6-4-3-5-16(18)17(19)12-28-13-20(30)29(21(28)31)14-7-9-15(10-8-14)32-22(23,24)25/h3-11H,12-13H2,1-2H3. The van der Waals surface area contributed by atoms with E-state index in [0.29, 0.717) is 0 Å². The van der Waals surface area contributed by atoms with E-state index in [9.17, 15) is 22.8 Å². The molecule has 1 saturated heterocycles. The van der Waals surface area contributed by atoms with Crippen molar-refractivity contribution >= 4 is 46.0 Å². The minimum Gasteiger partial charge on any atom is -0.376 e. The summed E-state index contributed by atoms with van der Waals surface area (Å²) in [6.45, 7) is 0.0705. The van der Waals surface area contributed by atoms with Gasteiger partial charge in [-0.25, -0.2) is 9.69 Å². The van der Waals surface area contributed by atoms with Gasteiger partial charge in [-0.05, 0) is 42.1 Å². The molecule has 0 saturated carbocycles. The van der Waals surface area contributed by atoms with Crippen LogP contribution in [-0.4, -0.2) is 48.0 Å². The van der Waals surface area contributed by atoms with Gasteiger partial charge in [-0.15, -0.1) is 0 Å². The van der Waals surface area contributed by atoms with Gasteiger partial charge in [-0.1, -0.05) is 18.2 Å². The van der Waals surface area contributed by atoms with Crippen LogP contribution in [0.1, 0.15) is 5.56 Å². The highest BCUT2D eigenvalue weighted by Gasteiger charge is 2.38. The highest BCUT2D eigenvalue weighted by Crippen LogP contribution is 2.38. The Morgan fingerprint density at radius 3 is 2.41 bits per heavy atom. The number of amides is 3. The maximum Gasteiger partial charge on any atom is 0.446 e. The van der Waals surface area contributed by atoms with E-state index in [0.717, 1.165) is 27.1 Å². The van der Waals surface area contributed by atoms with Gasteiger partial charge in [0.25, 0.3) is 5.91 Å². The molecule has 2 aromatic carbocycles. The van der Waals surface area contributed by atoms with Crippen LogP contribution >= 0.6 is 11.8 Å². The first-order valence-electron chi connectivity index (χ1n) is 9.65. The van der Waals surface area contributed by atoms with Crippen molar-refractivity contribution in [2.24, 2.45) is 0 Å². The van der Waals surface area contributed by atoms with Crippen molar-refractivity contribution < 1.29 is 22.8 Å². The molecule has 0 spiro atoms. The SMILES string of the molecule is CN(C)c1cnc2ccccc2c1CN1CC(=O)N(c2ccc(SC(F)(F)F)cc2)C1=O. The highest BCUT2D eigenvalue weighted by atomic mass is 32.2. The fraction of sp³-hybridized carbons (Fsp3) is 0.227. The quantitative estimate of drug-likeness (QED) is 0.401. The van der Waals surface area contributed by atoms with Crippen LogP contribution in [0.3, 0.4) is 0 Å². The second-order valence-corrected chi connectivity index (χ2v) is 8.58. The van der Waals surface area contributed by atoms with Crippen molar-refractivity contribution in [1.82, 2.24) is 9.88 Å². The summed E-state index contributed by atoms with van der Waals surface area (Å²) in [7, 11) is 3.75. The summed E-state index contributed by atoms with van der Waals surface area (Å²) in [5, 5.41) is 0.880. The topological polar surface area (TPSA) is 56.8 Å². The van der Waals surface area contributed by atoms with Crippen molar-refractivity contribution in [3.63, 3.8) is 0 Å². The lowest BCUT2D eigenvalue weighted by Gasteiger charge is -2.23. The molecule has 0 N–H and O–H groups in total. The van der Waals surface area contributed by atoms with E-state index in [1.807, 2.05) is 43.3 Å². The summed E-state index contributed by atoms with van der Waals surface area (Å²) in [6.07, 6.45) is 1.73. The van der Waals surface area contributed by atoms with Crippen molar-refractivity contribution in [2.75, 3.05) is 30.4 Å². The number of rotatable bonds is 5. The number of pyridine rings is 1. The Bertz CT molecular complexity index is 1180. The Hall–Kier alpha value is -3.27. The smallest absolute Gasteiger partial charge is 0.376 e. The van der Waals surface area contributed by atoms with Gasteiger partial charge in [0.15, 0.2) is 0 Å². The number of para-hydroxylation sites is 1. The summed E-state index contributed by atoms with van der Waals surface area (Å²) in [6, 6.07) is 12.2. The molecule has 0 radical (unpaired) electrons. The van der Waals surface area contributed by atoms with E-state index in [1.54, 1.807) is 6.20 Å². The van der Waals surface area contributed by atoms with Gasteiger partial charge in [0.1, 0.15) is 6.54 Å². The second kappa shape index (κ2) is 8.34. The predicted octanol–water partition coefficient (Wildman–Crippen LogP) is 4.88. The molecule has 0 aliphatic carbocycles. The van der Waals surface area contributed by atoms with Crippen LogP contribution in [0.15, 0.2) is 59.6 Å². The first kappa shape index (κ1) is 21.9. The minimum absolute atomic E-state index is 0.0175. The summed E-state index contributed by atoms with van der Waals surface area (Å²) in [5.74, 6) is -0.434. The zero-order valence-electron chi connectivity index (χ0n) is 17.3. The first-order valence-corrected chi connectivity index (χ1v) is 10.5. The van der Waals surface area contributed by atoms with Crippen molar-refractivity contribution in [3.8, 4) is 0 Å². The Labute approximate surface area is 186 Å². The number of benzene rings is 2. The first-order chi connectivity index (χ1) is 15.1. The molecular weight excluding hydrogens is 441 g/mol.